The van der Waals surface area contributed by atoms with Crippen molar-refractivity contribution >= 4 is 16.9 Å². The first-order valence-electron chi connectivity index (χ1n) is 10.8. The molecule has 0 saturated carbocycles. The van der Waals surface area contributed by atoms with Crippen molar-refractivity contribution in [3.63, 3.8) is 0 Å². The lowest BCUT2D eigenvalue weighted by molar-refractivity contribution is 0.235. The van der Waals surface area contributed by atoms with Crippen molar-refractivity contribution in [3.05, 3.63) is 47.2 Å². The number of hydrogen-bond acceptors (Lipinski definition) is 5. The molecule has 7 nitrogen and oxygen atoms in total. The molecular formula is C23H34N6O. The number of aliphatic hydroxyl groups excluding tert-OH is 1. The van der Waals surface area contributed by atoms with Crippen LogP contribution in [0.1, 0.15) is 64.8 Å². The highest BCUT2D eigenvalue weighted by Crippen LogP contribution is 2.27. The quantitative estimate of drug-likeness (QED) is 0.524. The number of nitrogens with zero attached hydrogens (tertiary/aromatic N) is 4. The SMILES string of the molecule is CC(C)c1[nH]nc2c(NCc3ccccc3)nc(=NC(CO)C(C)C)n(C(C)C)c12. The van der Waals surface area contributed by atoms with E-state index < -0.39 is 0 Å². The first kappa shape index (κ1) is 22.0. The van der Waals surface area contributed by atoms with E-state index >= 15 is 0 Å². The standard InChI is InChI=1S/C23H34N6O/c1-14(2)18(13-30)25-23-26-22(24-12-17-10-8-7-9-11-17)20-21(29(23)16(5)6)19(15(3)4)27-28-20/h7-11,14-16,18,30H,12-13H2,1-6H3,(H,27,28)(H,24,25,26). The number of rotatable bonds is 8. The summed E-state index contributed by atoms with van der Waals surface area (Å²) in [5.41, 5.74) is 4.67. The van der Waals surface area contributed by atoms with Gasteiger partial charge < -0.3 is 15.0 Å². The smallest absolute Gasteiger partial charge is 0.228 e. The number of hydrogen-bond donors (Lipinski definition) is 3. The average Bonchev–Trinajstić information content (AvgIpc) is 3.15. The Kier molecular flexibility index (Phi) is 6.92. The van der Waals surface area contributed by atoms with Gasteiger partial charge in [0.2, 0.25) is 5.62 Å². The second-order valence-corrected chi connectivity index (χ2v) is 8.68. The molecule has 0 radical (unpaired) electrons. The van der Waals surface area contributed by atoms with E-state index in [4.69, 9.17) is 9.98 Å². The molecule has 0 amide bonds. The lowest BCUT2D eigenvalue weighted by atomic mass is 10.1. The lowest BCUT2D eigenvalue weighted by Crippen LogP contribution is -2.32. The summed E-state index contributed by atoms with van der Waals surface area (Å²) in [7, 11) is 0. The largest absolute Gasteiger partial charge is 0.394 e. The highest BCUT2D eigenvalue weighted by Gasteiger charge is 2.21. The van der Waals surface area contributed by atoms with E-state index in [1.165, 1.54) is 5.56 Å². The van der Waals surface area contributed by atoms with E-state index in [9.17, 15) is 5.11 Å². The van der Waals surface area contributed by atoms with Crippen molar-refractivity contribution in [1.29, 1.82) is 0 Å². The second kappa shape index (κ2) is 9.43. The maximum Gasteiger partial charge on any atom is 0.228 e. The number of fused-ring (bicyclic) bond motifs is 1. The maximum atomic E-state index is 9.86. The number of benzene rings is 1. The molecule has 0 aliphatic carbocycles. The zero-order chi connectivity index (χ0) is 21.8. The van der Waals surface area contributed by atoms with Crippen molar-refractivity contribution < 1.29 is 5.11 Å². The summed E-state index contributed by atoms with van der Waals surface area (Å²) >= 11 is 0. The van der Waals surface area contributed by atoms with E-state index in [-0.39, 0.29) is 30.5 Å². The Bertz CT molecular complexity index is 1030. The van der Waals surface area contributed by atoms with Crippen LogP contribution in [0.25, 0.3) is 11.0 Å². The van der Waals surface area contributed by atoms with Crippen molar-refractivity contribution in [2.24, 2.45) is 10.9 Å². The molecule has 1 atom stereocenters. The molecule has 0 bridgehead atoms. The molecule has 30 heavy (non-hydrogen) atoms. The first-order chi connectivity index (χ1) is 14.3. The van der Waals surface area contributed by atoms with Crippen LogP contribution in [0.3, 0.4) is 0 Å². The maximum absolute atomic E-state index is 9.86. The van der Waals surface area contributed by atoms with E-state index in [0.29, 0.717) is 18.0 Å². The van der Waals surface area contributed by atoms with Crippen LogP contribution >= 0.6 is 0 Å². The van der Waals surface area contributed by atoms with Gasteiger partial charge in [-0.3, -0.25) is 5.10 Å². The molecule has 1 aromatic carbocycles. The molecule has 0 aliphatic heterocycles. The Balaban J connectivity index is 2.23. The van der Waals surface area contributed by atoms with Gasteiger partial charge in [0.05, 0.1) is 23.9 Å². The summed E-state index contributed by atoms with van der Waals surface area (Å²) in [5, 5.41) is 21.1. The van der Waals surface area contributed by atoms with E-state index in [1.807, 2.05) is 18.2 Å². The third kappa shape index (κ3) is 4.56. The van der Waals surface area contributed by atoms with Gasteiger partial charge in [0, 0.05) is 12.6 Å². The van der Waals surface area contributed by atoms with Gasteiger partial charge in [-0.2, -0.15) is 10.1 Å². The Morgan fingerprint density at radius 2 is 1.80 bits per heavy atom. The molecule has 2 aromatic heterocycles. The van der Waals surface area contributed by atoms with E-state index in [1.54, 1.807) is 0 Å². The molecule has 2 heterocycles. The van der Waals surface area contributed by atoms with Gasteiger partial charge in [-0.25, -0.2) is 4.99 Å². The third-order valence-corrected chi connectivity index (χ3v) is 5.29. The van der Waals surface area contributed by atoms with Gasteiger partial charge in [-0.1, -0.05) is 58.0 Å². The minimum Gasteiger partial charge on any atom is -0.394 e. The van der Waals surface area contributed by atoms with Crippen molar-refractivity contribution in [3.8, 4) is 0 Å². The van der Waals surface area contributed by atoms with Crippen molar-refractivity contribution in [2.45, 2.75) is 66.1 Å². The van der Waals surface area contributed by atoms with Crippen LogP contribution in [0.2, 0.25) is 0 Å². The van der Waals surface area contributed by atoms with Gasteiger partial charge >= 0.3 is 0 Å². The molecular weight excluding hydrogens is 376 g/mol. The highest BCUT2D eigenvalue weighted by atomic mass is 16.3. The van der Waals surface area contributed by atoms with E-state index in [2.05, 4.69) is 73.8 Å². The van der Waals surface area contributed by atoms with Gasteiger partial charge in [0.25, 0.3) is 0 Å². The third-order valence-electron chi connectivity index (χ3n) is 5.29. The minimum absolute atomic E-state index is 0.00925. The first-order valence-corrected chi connectivity index (χ1v) is 10.8. The molecule has 0 aliphatic rings. The number of aromatic nitrogens is 4. The lowest BCUT2D eigenvalue weighted by Gasteiger charge is -2.19. The van der Waals surface area contributed by atoms with Crippen LogP contribution in [0.4, 0.5) is 5.82 Å². The minimum atomic E-state index is -0.212. The Morgan fingerprint density at radius 1 is 1.10 bits per heavy atom. The summed E-state index contributed by atoms with van der Waals surface area (Å²) in [4.78, 5) is 9.74. The molecule has 0 spiro atoms. The fourth-order valence-corrected chi connectivity index (χ4v) is 3.50. The Morgan fingerprint density at radius 3 is 2.37 bits per heavy atom. The van der Waals surface area contributed by atoms with Crippen LogP contribution in [-0.2, 0) is 6.54 Å². The Hall–Kier alpha value is -2.67. The van der Waals surface area contributed by atoms with Gasteiger partial charge in [-0.15, -0.1) is 0 Å². The van der Waals surface area contributed by atoms with Gasteiger partial charge in [-0.05, 0) is 31.2 Å². The van der Waals surface area contributed by atoms with Crippen LogP contribution < -0.4 is 10.9 Å². The molecule has 0 fully saturated rings. The van der Waals surface area contributed by atoms with Gasteiger partial charge in [0.1, 0.15) is 0 Å². The molecule has 3 N–H and O–H groups in total. The number of H-pyrrole nitrogens is 1. The zero-order valence-corrected chi connectivity index (χ0v) is 18.8. The normalized spacial score (nSPS) is 13.7. The summed E-state index contributed by atoms with van der Waals surface area (Å²) in [5.74, 6) is 1.19. The molecule has 0 saturated heterocycles. The topological polar surface area (TPSA) is 91.1 Å². The fraction of sp³-hybridized carbons (Fsp3) is 0.522. The van der Waals surface area contributed by atoms with Crippen LogP contribution in [0, 0.1) is 5.92 Å². The molecule has 162 valence electrons. The van der Waals surface area contributed by atoms with Crippen LogP contribution in [-0.4, -0.2) is 37.5 Å². The van der Waals surface area contributed by atoms with Gasteiger partial charge in [0.15, 0.2) is 11.3 Å². The fourth-order valence-electron chi connectivity index (χ4n) is 3.50. The monoisotopic (exact) mass is 410 g/mol. The predicted molar refractivity (Wildman–Crippen MR) is 121 cm³/mol. The summed E-state index contributed by atoms with van der Waals surface area (Å²) in [6.07, 6.45) is 0. The van der Waals surface area contributed by atoms with E-state index in [0.717, 1.165) is 16.7 Å². The predicted octanol–water partition coefficient (Wildman–Crippen LogP) is 3.99. The summed E-state index contributed by atoms with van der Waals surface area (Å²) in [6.45, 7) is 13.3. The molecule has 7 heteroatoms. The second-order valence-electron chi connectivity index (χ2n) is 8.68. The number of aromatic amines is 1. The van der Waals surface area contributed by atoms with Crippen LogP contribution in [0.5, 0.6) is 0 Å². The van der Waals surface area contributed by atoms with Crippen molar-refractivity contribution in [2.75, 3.05) is 11.9 Å². The number of aliphatic hydroxyl groups is 1. The number of anilines is 1. The summed E-state index contributed by atoms with van der Waals surface area (Å²) in [6, 6.07) is 10.2. The van der Waals surface area contributed by atoms with Crippen LogP contribution in [0.15, 0.2) is 35.3 Å². The zero-order valence-electron chi connectivity index (χ0n) is 18.8. The Labute approximate surface area is 178 Å². The highest BCUT2D eigenvalue weighted by molar-refractivity contribution is 5.87. The average molecular weight is 411 g/mol. The van der Waals surface area contributed by atoms with Crippen molar-refractivity contribution in [1.82, 2.24) is 19.7 Å². The number of nitrogens with one attached hydrogen (secondary N) is 2. The molecule has 1 unspecified atom stereocenters. The molecule has 3 rings (SSSR count). The summed E-state index contributed by atoms with van der Waals surface area (Å²) < 4.78 is 2.13. The molecule has 3 aromatic rings.